The molecule has 0 bridgehead atoms. The lowest BCUT2D eigenvalue weighted by Crippen LogP contribution is -2.63. The molecule has 0 spiro atoms. The Labute approximate surface area is 402 Å². The van der Waals surface area contributed by atoms with E-state index in [1.165, 1.54) is 122 Å². The van der Waals surface area contributed by atoms with Crippen molar-refractivity contribution < 1.29 is 0 Å². The molecule has 12 aromatic rings. The van der Waals surface area contributed by atoms with Crippen LogP contribution in [-0.2, 0) is 0 Å². The first-order chi connectivity index (χ1) is 34.0. The van der Waals surface area contributed by atoms with E-state index >= 15 is 0 Å². The maximum Gasteiger partial charge on any atom is 0.252 e. The second-order valence-electron chi connectivity index (χ2n) is 19.4. The number of hydrogen-bond donors (Lipinski definition) is 0. The van der Waals surface area contributed by atoms with Crippen molar-refractivity contribution in [2.24, 2.45) is 0 Å². The molecule has 2 aromatic heterocycles. The number of para-hydroxylation sites is 6. The number of hydrogen-bond acceptors (Lipinski definition) is 3. The lowest BCUT2D eigenvalue weighted by atomic mass is 9.31. The minimum Gasteiger partial charge on any atom is -0.312 e. The first-order valence-electron chi connectivity index (χ1n) is 24.3. The normalized spacial score (nSPS) is 13.6. The quantitative estimate of drug-likeness (QED) is 0.164. The Bertz CT molecular complexity index is 4070. The highest BCUT2D eigenvalue weighted by atomic mass is 15.2. The second-order valence-corrected chi connectivity index (χ2v) is 19.4. The predicted octanol–water partition coefficient (Wildman–Crippen LogP) is 12.1. The van der Waals surface area contributed by atoms with Gasteiger partial charge in [-0.3, -0.25) is 0 Å². The minimum absolute atomic E-state index is 0.00540. The molecule has 10 aromatic carbocycles. The lowest BCUT2D eigenvalue weighted by molar-refractivity contribution is 1.25. The van der Waals surface area contributed by atoms with Crippen LogP contribution >= 0.6 is 0 Å². The van der Waals surface area contributed by atoms with Crippen LogP contribution in [0.5, 0.6) is 0 Å². The summed E-state index contributed by atoms with van der Waals surface area (Å²) in [5.74, 6) is 0. The first-order valence-corrected chi connectivity index (χ1v) is 24.3. The van der Waals surface area contributed by atoms with E-state index in [0.717, 1.165) is 17.1 Å². The maximum absolute atomic E-state index is 2.59. The largest absolute Gasteiger partial charge is 0.312 e. The third-order valence-electron chi connectivity index (χ3n) is 15.6. The van der Waals surface area contributed by atoms with E-state index < -0.39 is 0 Å². The molecule has 4 nitrogen and oxygen atoms in total. The third kappa shape index (κ3) is 5.26. The Balaban J connectivity index is 1.10. The highest BCUT2D eigenvalue weighted by molar-refractivity contribution is 7.02. The Hall–Kier alpha value is -8.47. The average molecular weight is 879 g/mol. The fraction of sp³-hybridized carbons (Fsp3) is 0.0476. The molecule has 0 aliphatic carbocycles. The molecule has 3 aliphatic rings. The van der Waals surface area contributed by atoms with Crippen LogP contribution in [0.2, 0.25) is 0 Å². The van der Waals surface area contributed by atoms with E-state index in [9.17, 15) is 0 Å². The van der Waals surface area contributed by atoms with Crippen molar-refractivity contribution in [3.8, 4) is 0 Å². The number of rotatable bonds is 4. The van der Waals surface area contributed by atoms with Gasteiger partial charge in [0.15, 0.2) is 0 Å². The fourth-order valence-corrected chi connectivity index (χ4v) is 13.1. The monoisotopic (exact) mass is 878 g/mol. The first kappa shape index (κ1) is 38.6. The van der Waals surface area contributed by atoms with Crippen LogP contribution in [0.3, 0.4) is 0 Å². The van der Waals surface area contributed by atoms with Crippen LogP contribution in [0.4, 0.5) is 51.2 Å². The minimum atomic E-state index is -0.0890. The van der Waals surface area contributed by atoms with Crippen LogP contribution in [0.1, 0.15) is 16.7 Å². The van der Waals surface area contributed by atoms with Crippen molar-refractivity contribution in [1.82, 2.24) is 4.40 Å². The fourth-order valence-electron chi connectivity index (χ4n) is 13.1. The summed E-state index contributed by atoms with van der Waals surface area (Å²) in [6.45, 7) is 6.76. The average Bonchev–Trinajstić information content (AvgIpc) is 3.90. The van der Waals surface area contributed by atoms with Crippen LogP contribution < -0.4 is 47.5 Å². The molecule has 69 heavy (non-hydrogen) atoms. The molecule has 0 N–H and O–H groups in total. The summed E-state index contributed by atoms with van der Waals surface area (Å²) in [5, 5.41) is 5.14. The van der Waals surface area contributed by atoms with E-state index in [0.29, 0.717) is 0 Å². The molecular weight excluding hydrogens is 834 g/mol. The predicted molar refractivity (Wildman–Crippen MR) is 295 cm³/mol. The summed E-state index contributed by atoms with van der Waals surface area (Å²) in [7, 11) is 0. The Morgan fingerprint density at radius 3 is 1.38 bits per heavy atom. The summed E-state index contributed by atoms with van der Waals surface area (Å²) in [5.41, 5.74) is 26.3. The van der Waals surface area contributed by atoms with Crippen molar-refractivity contribution in [1.29, 1.82) is 0 Å². The van der Waals surface area contributed by atoms with E-state index in [1.807, 2.05) is 0 Å². The highest BCUT2D eigenvalue weighted by Crippen LogP contribution is 2.48. The molecular formula is C63H44B2N4. The molecule has 5 heterocycles. The third-order valence-corrected chi connectivity index (χ3v) is 15.6. The molecule has 0 unspecified atom stereocenters. The Kier molecular flexibility index (Phi) is 7.99. The Morgan fingerprint density at radius 2 is 0.754 bits per heavy atom. The second kappa shape index (κ2) is 14.3. The molecule has 0 amide bonds. The van der Waals surface area contributed by atoms with Crippen molar-refractivity contribution in [3.63, 3.8) is 0 Å². The molecule has 3 aliphatic heterocycles. The van der Waals surface area contributed by atoms with Gasteiger partial charge in [-0.25, -0.2) is 0 Å². The SMILES string of the molecule is Cc1cc(C)c(B2c3ccccc3N(c3ccccc3)c3cc4c(cc32)N(c2ccccc2)c2cccc3c2B4c2cc4c(cc2N3c2ccccc2)c2cccc3c5ccccc5n4c32)c(C)c1. The van der Waals surface area contributed by atoms with E-state index in [4.69, 9.17) is 0 Å². The molecule has 0 radical (unpaired) electrons. The molecule has 15 rings (SSSR count). The van der Waals surface area contributed by atoms with Gasteiger partial charge in [-0.1, -0.05) is 150 Å². The maximum atomic E-state index is 2.59. The number of nitrogens with zero attached hydrogens (tertiary/aromatic N) is 4. The van der Waals surface area contributed by atoms with E-state index in [2.05, 4.69) is 252 Å². The van der Waals surface area contributed by atoms with E-state index in [1.54, 1.807) is 0 Å². The summed E-state index contributed by atoms with van der Waals surface area (Å²) in [6, 6.07) is 79.9. The standard InChI is InChI=1S/C63H44B2N4/c1-39-33-40(2)61(41(3)34-39)64-49-28-14-16-30-54(49)66(42-19-7-4-8-20-42)59-38-52-60(37-51(59)64)68(44-23-11-6-12-24-44)56-32-18-31-55-62(56)65(52)50-36-57-48(35-58(50)67(55)43-21-9-5-10-22-43)47-27-17-26-46-45-25-13-15-29-53(45)69(57)63(46)47/h4-38H,1-3H3. The van der Waals surface area contributed by atoms with Gasteiger partial charge < -0.3 is 19.1 Å². The number of anilines is 9. The van der Waals surface area contributed by atoms with Gasteiger partial charge in [0.25, 0.3) is 6.71 Å². The van der Waals surface area contributed by atoms with Gasteiger partial charge in [-0.15, -0.1) is 0 Å². The lowest BCUT2D eigenvalue weighted by Gasteiger charge is -2.45. The van der Waals surface area contributed by atoms with Gasteiger partial charge in [0, 0.05) is 72.7 Å². The van der Waals surface area contributed by atoms with Gasteiger partial charge >= 0.3 is 0 Å². The zero-order valence-electron chi connectivity index (χ0n) is 38.7. The smallest absolute Gasteiger partial charge is 0.252 e. The van der Waals surface area contributed by atoms with Crippen molar-refractivity contribution in [3.05, 3.63) is 229 Å². The molecule has 0 saturated heterocycles. The molecule has 0 saturated carbocycles. The van der Waals surface area contributed by atoms with Crippen molar-refractivity contribution in [2.45, 2.75) is 20.8 Å². The van der Waals surface area contributed by atoms with Crippen LogP contribution in [0, 0.1) is 20.8 Å². The van der Waals surface area contributed by atoms with Crippen LogP contribution in [-0.4, -0.2) is 17.8 Å². The van der Waals surface area contributed by atoms with Gasteiger partial charge in [-0.2, -0.15) is 0 Å². The van der Waals surface area contributed by atoms with Crippen molar-refractivity contribution in [2.75, 3.05) is 14.7 Å². The number of fused-ring (bicyclic) bond motifs is 12. The summed E-state index contributed by atoms with van der Waals surface area (Å²) >= 11 is 0. The zero-order valence-corrected chi connectivity index (χ0v) is 38.7. The number of benzene rings is 10. The molecule has 6 heteroatoms. The molecule has 0 fully saturated rings. The van der Waals surface area contributed by atoms with Gasteiger partial charge in [0.1, 0.15) is 0 Å². The molecule has 0 atom stereocenters. The highest BCUT2D eigenvalue weighted by Gasteiger charge is 2.46. The van der Waals surface area contributed by atoms with E-state index in [-0.39, 0.29) is 13.4 Å². The Morgan fingerprint density at radius 1 is 0.304 bits per heavy atom. The van der Waals surface area contributed by atoms with Gasteiger partial charge in [0.05, 0.1) is 16.6 Å². The number of aryl methyl sites for hydroxylation is 3. The topological polar surface area (TPSA) is 14.1 Å². The molecule has 322 valence electrons. The number of aromatic nitrogens is 1. The summed E-state index contributed by atoms with van der Waals surface area (Å²) in [4.78, 5) is 7.64. The summed E-state index contributed by atoms with van der Waals surface area (Å²) in [6.07, 6.45) is 0. The van der Waals surface area contributed by atoms with Gasteiger partial charge in [-0.05, 0) is 133 Å². The van der Waals surface area contributed by atoms with Crippen molar-refractivity contribution >= 4 is 135 Å². The van der Waals surface area contributed by atoms with Gasteiger partial charge in [0.2, 0.25) is 6.71 Å². The van der Waals surface area contributed by atoms with Crippen LogP contribution in [0.25, 0.3) is 38.1 Å². The zero-order chi connectivity index (χ0) is 45.6. The summed E-state index contributed by atoms with van der Waals surface area (Å²) < 4.78 is 2.54. The van der Waals surface area contributed by atoms with Crippen LogP contribution in [0.15, 0.2) is 212 Å².